The Bertz CT molecular complexity index is 819. The number of aromatic hydroxyl groups is 1. The Labute approximate surface area is 119 Å². The number of phenols is 1. The van der Waals surface area contributed by atoms with Gasteiger partial charge in [-0.1, -0.05) is 12.1 Å². The second-order valence-corrected chi connectivity index (χ2v) is 5.26. The maximum atomic E-state index is 12.1. The molecular weight excluding hydrogens is 272 g/mol. The van der Waals surface area contributed by atoms with E-state index < -0.39 is 0 Å². The van der Waals surface area contributed by atoms with Gasteiger partial charge in [0.25, 0.3) is 0 Å². The number of benzene rings is 2. The molecule has 0 saturated heterocycles. The molecule has 0 aliphatic heterocycles. The van der Waals surface area contributed by atoms with Crippen molar-refractivity contribution in [3.8, 4) is 17.1 Å². The fourth-order valence-corrected chi connectivity index (χ4v) is 2.45. The molecule has 4 heteroatoms. The van der Waals surface area contributed by atoms with E-state index in [1.165, 1.54) is 18.2 Å². The normalized spacial score (nSPS) is 10.8. The summed E-state index contributed by atoms with van der Waals surface area (Å²) in [5, 5.41) is 9.95. The summed E-state index contributed by atoms with van der Waals surface area (Å²) in [5.74, 6) is 0.580. The van der Waals surface area contributed by atoms with Crippen molar-refractivity contribution in [2.45, 2.75) is 4.90 Å². The summed E-state index contributed by atoms with van der Waals surface area (Å²) in [5.41, 5.74) is 1.11. The van der Waals surface area contributed by atoms with Gasteiger partial charge in [0.15, 0.2) is 5.43 Å². The molecule has 2 aromatic carbocycles. The lowest BCUT2D eigenvalue weighted by Crippen LogP contribution is -1.99. The number of thioether (sulfide) groups is 1. The third-order valence-corrected chi connectivity index (χ3v) is 3.83. The van der Waals surface area contributed by atoms with Crippen LogP contribution in [0, 0.1) is 0 Å². The molecule has 0 spiro atoms. The molecule has 3 nitrogen and oxygen atoms in total. The van der Waals surface area contributed by atoms with Crippen LogP contribution in [0.15, 0.2) is 62.6 Å². The van der Waals surface area contributed by atoms with E-state index in [9.17, 15) is 9.90 Å². The summed E-state index contributed by atoms with van der Waals surface area (Å²) in [6, 6.07) is 13.8. The van der Waals surface area contributed by atoms with E-state index in [0.29, 0.717) is 16.7 Å². The fraction of sp³-hybridized carbons (Fsp3) is 0.0625. The second kappa shape index (κ2) is 5.06. The highest BCUT2D eigenvalue weighted by Crippen LogP contribution is 2.26. The van der Waals surface area contributed by atoms with Crippen molar-refractivity contribution in [3.63, 3.8) is 0 Å². The second-order valence-electron chi connectivity index (χ2n) is 4.38. The highest BCUT2D eigenvalue weighted by atomic mass is 32.2. The number of phenolic OH excluding ortho intramolecular Hbond substituents is 1. The minimum absolute atomic E-state index is 0.0792. The number of rotatable bonds is 2. The largest absolute Gasteiger partial charge is 0.508 e. The zero-order valence-corrected chi connectivity index (χ0v) is 11.6. The van der Waals surface area contributed by atoms with Crippen molar-refractivity contribution < 1.29 is 9.52 Å². The van der Waals surface area contributed by atoms with E-state index in [1.54, 1.807) is 17.8 Å². The minimum Gasteiger partial charge on any atom is -0.508 e. The van der Waals surface area contributed by atoms with E-state index in [-0.39, 0.29) is 11.2 Å². The van der Waals surface area contributed by atoms with Crippen molar-refractivity contribution in [2.75, 3.05) is 6.26 Å². The lowest BCUT2D eigenvalue weighted by molar-refractivity contribution is 0.474. The third kappa shape index (κ3) is 2.30. The lowest BCUT2D eigenvalue weighted by Gasteiger charge is -2.04. The SMILES string of the molecule is CSc1ccc(-c2cc(=O)c3ccc(O)cc3o2)cc1. The maximum Gasteiger partial charge on any atom is 0.193 e. The van der Waals surface area contributed by atoms with Crippen LogP contribution in [-0.2, 0) is 0 Å². The standard InChI is InChI=1S/C16H12O3S/c1-20-12-5-2-10(3-6-12)15-9-14(18)13-7-4-11(17)8-16(13)19-15/h2-9,17H,1H3. The van der Waals surface area contributed by atoms with Crippen LogP contribution in [0.4, 0.5) is 0 Å². The highest BCUT2D eigenvalue weighted by molar-refractivity contribution is 7.98. The molecule has 20 heavy (non-hydrogen) atoms. The molecule has 0 bridgehead atoms. The van der Waals surface area contributed by atoms with Crippen LogP contribution in [-0.4, -0.2) is 11.4 Å². The van der Waals surface area contributed by atoms with E-state index in [4.69, 9.17) is 4.42 Å². The van der Waals surface area contributed by atoms with Gasteiger partial charge in [-0.05, 0) is 30.5 Å². The quantitative estimate of drug-likeness (QED) is 0.725. The highest BCUT2D eigenvalue weighted by Gasteiger charge is 2.07. The van der Waals surface area contributed by atoms with Crippen molar-refractivity contribution >= 4 is 22.7 Å². The first-order valence-corrected chi connectivity index (χ1v) is 7.31. The van der Waals surface area contributed by atoms with Crippen LogP contribution in [0.1, 0.15) is 0 Å². The topological polar surface area (TPSA) is 50.4 Å². The van der Waals surface area contributed by atoms with E-state index >= 15 is 0 Å². The molecule has 100 valence electrons. The zero-order chi connectivity index (χ0) is 14.1. The summed E-state index contributed by atoms with van der Waals surface area (Å²) in [6.45, 7) is 0. The summed E-state index contributed by atoms with van der Waals surface area (Å²) in [7, 11) is 0. The molecule has 3 rings (SSSR count). The molecule has 0 aliphatic rings. The summed E-state index contributed by atoms with van der Waals surface area (Å²) < 4.78 is 5.72. The first-order valence-electron chi connectivity index (χ1n) is 6.09. The summed E-state index contributed by atoms with van der Waals surface area (Å²) >= 11 is 1.65. The lowest BCUT2D eigenvalue weighted by atomic mass is 10.1. The molecule has 3 aromatic rings. The predicted molar refractivity (Wildman–Crippen MR) is 81.4 cm³/mol. The van der Waals surface area contributed by atoms with Crippen LogP contribution in [0.2, 0.25) is 0 Å². The van der Waals surface area contributed by atoms with Crippen LogP contribution in [0.3, 0.4) is 0 Å². The van der Waals surface area contributed by atoms with Gasteiger partial charge in [0.2, 0.25) is 0 Å². The van der Waals surface area contributed by atoms with Gasteiger partial charge >= 0.3 is 0 Å². The van der Waals surface area contributed by atoms with Crippen LogP contribution in [0.25, 0.3) is 22.3 Å². The monoisotopic (exact) mass is 284 g/mol. The Kier molecular flexibility index (Phi) is 3.24. The first kappa shape index (κ1) is 12.8. The maximum absolute atomic E-state index is 12.1. The van der Waals surface area contributed by atoms with Gasteiger partial charge in [-0.3, -0.25) is 4.79 Å². The van der Waals surface area contributed by atoms with Gasteiger partial charge in [0.1, 0.15) is 17.1 Å². The van der Waals surface area contributed by atoms with E-state index in [0.717, 1.165) is 10.5 Å². The zero-order valence-electron chi connectivity index (χ0n) is 10.8. The van der Waals surface area contributed by atoms with Gasteiger partial charge in [0.05, 0.1) is 5.39 Å². The van der Waals surface area contributed by atoms with Crippen LogP contribution in [0.5, 0.6) is 5.75 Å². The number of fused-ring (bicyclic) bond motifs is 1. The van der Waals surface area contributed by atoms with Gasteiger partial charge < -0.3 is 9.52 Å². The van der Waals surface area contributed by atoms with Gasteiger partial charge in [-0.25, -0.2) is 0 Å². The molecule has 0 aliphatic carbocycles. The molecule has 0 fully saturated rings. The van der Waals surface area contributed by atoms with Gasteiger partial charge in [-0.15, -0.1) is 11.8 Å². The summed E-state index contributed by atoms with van der Waals surface area (Å²) in [4.78, 5) is 13.2. The molecule has 1 N–H and O–H groups in total. The van der Waals surface area contributed by atoms with Gasteiger partial charge in [0, 0.05) is 22.6 Å². The smallest absolute Gasteiger partial charge is 0.193 e. The molecular formula is C16H12O3S. The average Bonchev–Trinajstić information content (AvgIpc) is 2.46. The van der Waals surface area contributed by atoms with Crippen molar-refractivity contribution in [3.05, 3.63) is 58.8 Å². The fourth-order valence-electron chi connectivity index (χ4n) is 2.04. The number of hydrogen-bond acceptors (Lipinski definition) is 4. The first-order chi connectivity index (χ1) is 9.67. The molecule has 1 aromatic heterocycles. The van der Waals surface area contributed by atoms with Crippen LogP contribution >= 0.6 is 11.8 Å². The molecule has 0 radical (unpaired) electrons. The molecule has 0 unspecified atom stereocenters. The Morgan fingerprint density at radius 3 is 2.50 bits per heavy atom. The Morgan fingerprint density at radius 1 is 1.05 bits per heavy atom. The third-order valence-electron chi connectivity index (χ3n) is 3.09. The van der Waals surface area contributed by atoms with Crippen LogP contribution < -0.4 is 5.43 Å². The van der Waals surface area contributed by atoms with Crippen molar-refractivity contribution in [2.24, 2.45) is 0 Å². The molecule has 0 atom stereocenters. The molecule has 0 saturated carbocycles. The Balaban J connectivity index is 2.18. The Morgan fingerprint density at radius 2 is 1.80 bits per heavy atom. The molecule has 0 amide bonds. The predicted octanol–water partition coefficient (Wildman–Crippen LogP) is 3.89. The average molecular weight is 284 g/mol. The van der Waals surface area contributed by atoms with E-state index in [2.05, 4.69) is 0 Å². The minimum atomic E-state index is -0.116. The molecule has 1 heterocycles. The Hall–Kier alpha value is -2.20. The van der Waals surface area contributed by atoms with Crippen molar-refractivity contribution in [1.82, 2.24) is 0 Å². The van der Waals surface area contributed by atoms with E-state index in [1.807, 2.05) is 30.5 Å². The summed E-state index contributed by atoms with van der Waals surface area (Å²) in [6.07, 6.45) is 2.01. The number of hydrogen-bond donors (Lipinski definition) is 1. The van der Waals surface area contributed by atoms with Gasteiger partial charge in [-0.2, -0.15) is 0 Å². The van der Waals surface area contributed by atoms with Crippen molar-refractivity contribution in [1.29, 1.82) is 0 Å².